The van der Waals surface area contributed by atoms with E-state index in [1.807, 2.05) is 0 Å². The summed E-state index contributed by atoms with van der Waals surface area (Å²) in [5, 5.41) is 3.58. The van der Waals surface area contributed by atoms with Gasteiger partial charge in [0.05, 0.1) is 18.1 Å². The molecule has 3 aliphatic heterocycles. The molecule has 0 radical (unpaired) electrons. The van der Waals surface area contributed by atoms with Crippen LogP contribution in [-0.2, 0) is 14.9 Å². The fraction of sp³-hybridized carbons (Fsp3) is 0.421. The first-order valence-electron chi connectivity index (χ1n) is 8.35. The number of anilines is 1. The van der Waals surface area contributed by atoms with Crippen molar-refractivity contribution in [2.45, 2.75) is 24.3 Å². The maximum Gasteiger partial charge on any atom is 0.335 e. The summed E-state index contributed by atoms with van der Waals surface area (Å²) in [5.74, 6) is 0.201. The van der Waals surface area contributed by atoms with Gasteiger partial charge in [0, 0.05) is 30.5 Å². The fourth-order valence-electron chi connectivity index (χ4n) is 5.34. The van der Waals surface area contributed by atoms with Crippen LogP contribution in [0.4, 0.5) is 5.69 Å². The minimum atomic E-state index is -0.185. The van der Waals surface area contributed by atoms with Crippen molar-refractivity contribution in [1.82, 2.24) is 4.90 Å². The smallest absolute Gasteiger partial charge is 0.335 e. The molecule has 4 nitrogen and oxygen atoms in total. The second-order valence-electron chi connectivity index (χ2n) is 6.97. The minimum Gasteiger partial charge on any atom is -0.466 e. The molecule has 3 heterocycles. The van der Waals surface area contributed by atoms with Crippen LogP contribution in [0.25, 0.3) is 0 Å². The summed E-state index contributed by atoms with van der Waals surface area (Å²) in [6.45, 7) is 2.10. The Morgan fingerprint density at radius 1 is 1.39 bits per heavy atom. The second-order valence-corrected chi connectivity index (χ2v) is 6.97. The van der Waals surface area contributed by atoms with Gasteiger partial charge in [-0.3, -0.25) is 4.90 Å². The molecule has 4 aliphatic rings. The Morgan fingerprint density at radius 2 is 2.26 bits per heavy atom. The highest BCUT2D eigenvalue weighted by Gasteiger charge is 2.60. The summed E-state index contributed by atoms with van der Waals surface area (Å²) in [4.78, 5) is 15.0. The summed E-state index contributed by atoms with van der Waals surface area (Å²) in [7, 11) is 1.48. The molecule has 1 spiro atoms. The lowest BCUT2D eigenvalue weighted by molar-refractivity contribution is -0.136. The van der Waals surface area contributed by atoms with Crippen LogP contribution in [0.5, 0.6) is 0 Å². The first kappa shape index (κ1) is 13.4. The highest BCUT2D eigenvalue weighted by atomic mass is 16.5. The van der Waals surface area contributed by atoms with Gasteiger partial charge in [-0.2, -0.15) is 0 Å². The standard InChI is InChI=1S/C19H20N2O2/c1-23-18(22)13-11-12-5-4-9-21-10-8-19(17(12)21)14-6-2-3-7-15(14)20-16(13)19/h2-7,12,17,20H,8-11H2,1H3/t12-,17-,19-/m1/s1. The van der Waals surface area contributed by atoms with Crippen molar-refractivity contribution >= 4 is 11.7 Å². The van der Waals surface area contributed by atoms with Crippen molar-refractivity contribution in [3.63, 3.8) is 0 Å². The zero-order valence-corrected chi connectivity index (χ0v) is 13.2. The highest BCUT2D eigenvalue weighted by Crippen LogP contribution is 2.59. The van der Waals surface area contributed by atoms with Crippen LogP contribution >= 0.6 is 0 Å². The molecule has 1 saturated heterocycles. The van der Waals surface area contributed by atoms with Crippen LogP contribution in [0.15, 0.2) is 47.7 Å². The van der Waals surface area contributed by atoms with Gasteiger partial charge < -0.3 is 10.1 Å². The zero-order valence-electron chi connectivity index (χ0n) is 13.2. The lowest BCUT2D eigenvalue weighted by atomic mass is 9.63. The molecule has 23 heavy (non-hydrogen) atoms. The van der Waals surface area contributed by atoms with Gasteiger partial charge in [-0.25, -0.2) is 4.79 Å². The van der Waals surface area contributed by atoms with Crippen molar-refractivity contribution in [3.05, 3.63) is 53.3 Å². The first-order valence-corrected chi connectivity index (χ1v) is 8.35. The summed E-state index contributed by atoms with van der Waals surface area (Å²) >= 11 is 0. The van der Waals surface area contributed by atoms with Crippen molar-refractivity contribution in [3.8, 4) is 0 Å². The molecule has 0 aromatic heterocycles. The van der Waals surface area contributed by atoms with Crippen LogP contribution in [0.2, 0.25) is 0 Å². The number of fused-ring (bicyclic) bond motifs is 1. The lowest BCUT2D eigenvalue weighted by Gasteiger charge is -2.46. The minimum absolute atomic E-state index is 0.0756. The molecule has 1 aliphatic carbocycles. The van der Waals surface area contributed by atoms with Crippen LogP contribution in [0.3, 0.4) is 0 Å². The average Bonchev–Trinajstić information content (AvgIpc) is 3.14. The number of nitrogens with zero attached hydrogens (tertiary/aromatic N) is 1. The predicted molar refractivity (Wildman–Crippen MR) is 88.0 cm³/mol. The summed E-state index contributed by atoms with van der Waals surface area (Å²) in [6.07, 6.45) is 6.40. The molecule has 1 N–H and O–H groups in total. The molecule has 1 aromatic carbocycles. The molecule has 0 unspecified atom stereocenters. The van der Waals surface area contributed by atoms with E-state index >= 15 is 0 Å². The molecule has 0 amide bonds. The van der Waals surface area contributed by atoms with E-state index in [4.69, 9.17) is 4.74 Å². The fourth-order valence-corrected chi connectivity index (χ4v) is 5.34. The summed E-state index contributed by atoms with van der Waals surface area (Å²) < 4.78 is 5.11. The number of hydrogen-bond donors (Lipinski definition) is 1. The SMILES string of the molecule is COC(=O)C1=C2Nc3ccccc3[C@]23CCN2CC=C[C@H](C1)[C@@H]23. The predicted octanol–water partition coefficient (Wildman–Crippen LogP) is 2.44. The highest BCUT2D eigenvalue weighted by molar-refractivity contribution is 5.93. The van der Waals surface area contributed by atoms with E-state index in [-0.39, 0.29) is 11.4 Å². The van der Waals surface area contributed by atoms with E-state index in [0.717, 1.165) is 42.9 Å². The van der Waals surface area contributed by atoms with Crippen LogP contribution in [0, 0.1) is 5.92 Å². The molecule has 1 aromatic rings. The van der Waals surface area contributed by atoms with Gasteiger partial charge in [-0.05, 0) is 30.4 Å². The van der Waals surface area contributed by atoms with Crippen LogP contribution < -0.4 is 5.32 Å². The first-order chi connectivity index (χ1) is 11.3. The number of esters is 1. The quantitative estimate of drug-likeness (QED) is 0.639. The number of carbonyl (C=O) groups is 1. The third kappa shape index (κ3) is 1.52. The maximum absolute atomic E-state index is 12.4. The number of hydrogen-bond acceptors (Lipinski definition) is 4. The second kappa shape index (κ2) is 4.48. The Balaban J connectivity index is 1.79. The van der Waals surface area contributed by atoms with Crippen molar-refractivity contribution in [2.24, 2.45) is 5.92 Å². The van der Waals surface area contributed by atoms with Gasteiger partial charge in [-0.15, -0.1) is 0 Å². The third-order valence-corrected chi connectivity index (χ3v) is 6.11. The van der Waals surface area contributed by atoms with Crippen molar-refractivity contribution in [1.29, 1.82) is 0 Å². The maximum atomic E-state index is 12.4. The number of carbonyl (C=O) groups excluding carboxylic acids is 1. The zero-order chi connectivity index (χ0) is 15.6. The topological polar surface area (TPSA) is 41.6 Å². The average molecular weight is 308 g/mol. The molecule has 4 heteroatoms. The normalized spacial score (nSPS) is 33.8. The van der Waals surface area contributed by atoms with Crippen molar-refractivity contribution < 1.29 is 9.53 Å². The molecule has 0 bridgehead atoms. The largest absolute Gasteiger partial charge is 0.466 e. The Labute approximate surface area is 135 Å². The van der Waals surface area contributed by atoms with E-state index in [1.165, 1.54) is 12.7 Å². The van der Waals surface area contributed by atoms with E-state index < -0.39 is 0 Å². The van der Waals surface area contributed by atoms with E-state index in [0.29, 0.717) is 12.0 Å². The van der Waals surface area contributed by atoms with Gasteiger partial charge in [0.2, 0.25) is 0 Å². The molecule has 0 saturated carbocycles. The van der Waals surface area contributed by atoms with Gasteiger partial charge in [-0.1, -0.05) is 30.4 Å². The number of rotatable bonds is 1. The molecule has 118 valence electrons. The Morgan fingerprint density at radius 3 is 3.13 bits per heavy atom. The Bertz CT molecular complexity index is 766. The Hall–Kier alpha value is -2.07. The van der Waals surface area contributed by atoms with Gasteiger partial charge >= 0.3 is 5.97 Å². The lowest BCUT2D eigenvalue weighted by Crippen LogP contribution is -2.52. The van der Waals surface area contributed by atoms with Crippen LogP contribution in [0.1, 0.15) is 18.4 Å². The number of benzene rings is 1. The van der Waals surface area contributed by atoms with Crippen LogP contribution in [-0.4, -0.2) is 37.1 Å². The van der Waals surface area contributed by atoms with E-state index in [2.05, 4.69) is 46.6 Å². The van der Waals surface area contributed by atoms with Crippen molar-refractivity contribution in [2.75, 3.05) is 25.5 Å². The molecular formula is C19H20N2O2. The molecule has 3 atom stereocenters. The molecule has 1 fully saturated rings. The molecule has 5 rings (SSSR count). The van der Waals surface area contributed by atoms with Gasteiger partial charge in [0.1, 0.15) is 0 Å². The summed E-state index contributed by atoms with van der Waals surface area (Å²) in [6, 6.07) is 8.98. The summed E-state index contributed by atoms with van der Waals surface area (Å²) in [5.41, 5.74) is 4.36. The number of ether oxygens (including phenoxy) is 1. The monoisotopic (exact) mass is 308 g/mol. The number of para-hydroxylation sites is 1. The molecular weight excluding hydrogens is 288 g/mol. The van der Waals surface area contributed by atoms with E-state index in [1.54, 1.807) is 0 Å². The van der Waals surface area contributed by atoms with Gasteiger partial charge in [0.15, 0.2) is 0 Å². The third-order valence-electron chi connectivity index (χ3n) is 6.11. The number of nitrogens with one attached hydrogen (secondary N) is 1. The van der Waals surface area contributed by atoms with E-state index in [9.17, 15) is 4.79 Å². The van der Waals surface area contributed by atoms with Gasteiger partial charge in [0.25, 0.3) is 0 Å². The number of methoxy groups -OCH3 is 1. The Kier molecular flexibility index (Phi) is 2.61.